The Kier molecular flexibility index (Phi) is 2.99. The lowest BCUT2D eigenvalue weighted by atomic mass is 10.2. The van der Waals surface area contributed by atoms with Gasteiger partial charge in [0.25, 0.3) is 0 Å². The number of aliphatic hydroxyl groups excluding tert-OH is 1. The fourth-order valence-electron chi connectivity index (χ4n) is 1.47. The second-order valence-electron chi connectivity index (χ2n) is 2.80. The molecule has 0 spiro atoms. The van der Waals surface area contributed by atoms with Crippen molar-refractivity contribution in [1.82, 2.24) is 4.90 Å². The molecule has 64 valence electrons. The van der Waals surface area contributed by atoms with Gasteiger partial charge in [-0.2, -0.15) is 0 Å². The molecule has 0 aromatic carbocycles. The number of carbonyl (C=O) groups excluding carboxylic acids is 1. The number of nitrogens with two attached hydrogens (primary N) is 1. The fraction of sp³-hybridized carbons (Fsp3) is 0.857. The summed E-state index contributed by atoms with van der Waals surface area (Å²) in [6, 6.07) is -0.117. The Morgan fingerprint density at radius 3 is 3.09 bits per heavy atom. The van der Waals surface area contributed by atoms with Crippen molar-refractivity contribution in [1.29, 1.82) is 0 Å². The fourth-order valence-corrected chi connectivity index (χ4v) is 1.47. The predicted molar refractivity (Wildman–Crippen MR) is 40.9 cm³/mol. The lowest BCUT2D eigenvalue weighted by Crippen LogP contribution is -2.43. The second-order valence-corrected chi connectivity index (χ2v) is 2.80. The van der Waals surface area contributed by atoms with Gasteiger partial charge in [0, 0.05) is 13.1 Å². The molecule has 0 radical (unpaired) electrons. The van der Waals surface area contributed by atoms with E-state index in [9.17, 15) is 9.90 Å². The van der Waals surface area contributed by atoms with E-state index < -0.39 is 6.23 Å². The number of hydrogen-bond donors (Lipinski definition) is 2. The molecule has 4 heteroatoms. The Balaban J connectivity index is 2.48. The number of carbonyl (C=O) groups is 1. The molecular weight excluding hydrogens is 144 g/mol. The molecule has 1 heterocycles. The minimum atomic E-state index is -0.646. The highest BCUT2D eigenvalue weighted by Crippen LogP contribution is 2.16. The van der Waals surface area contributed by atoms with Crippen LogP contribution < -0.4 is 5.73 Å². The molecule has 1 saturated heterocycles. The van der Waals surface area contributed by atoms with E-state index in [4.69, 9.17) is 5.73 Å². The molecule has 1 unspecified atom stereocenters. The van der Waals surface area contributed by atoms with Gasteiger partial charge in [-0.25, -0.2) is 0 Å². The Bertz CT molecular complexity index is 140. The number of nitrogens with zero attached hydrogens (tertiary/aromatic N) is 1. The highest BCUT2D eigenvalue weighted by molar-refractivity contribution is 5.58. The largest absolute Gasteiger partial charge is 0.377 e. The van der Waals surface area contributed by atoms with Crippen molar-refractivity contribution in [3.63, 3.8) is 0 Å². The van der Waals surface area contributed by atoms with Gasteiger partial charge in [0.15, 0.2) is 0 Å². The van der Waals surface area contributed by atoms with E-state index in [1.54, 1.807) is 4.90 Å². The van der Waals surface area contributed by atoms with E-state index in [0.717, 1.165) is 25.7 Å². The van der Waals surface area contributed by atoms with Gasteiger partial charge in [-0.3, -0.25) is 4.90 Å². The molecule has 4 nitrogen and oxygen atoms in total. The van der Waals surface area contributed by atoms with Gasteiger partial charge < -0.3 is 15.6 Å². The molecule has 3 N–H and O–H groups in total. The van der Waals surface area contributed by atoms with E-state index in [-0.39, 0.29) is 12.6 Å². The quantitative estimate of drug-likeness (QED) is 0.513. The summed E-state index contributed by atoms with van der Waals surface area (Å²) in [6.07, 6.45) is 2.06. The number of rotatable bonds is 3. The topological polar surface area (TPSA) is 66.6 Å². The Morgan fingerprint density at radius 1 is 1.82 bits per heavy atom. The zero-order valence-electron chi connectivity index (χ0n) is 6.44. The van der Waals surface area contributed by atoms with Crippen LogP contribution >= 0.6 is 0 Å². The maximum absolute atomic E-state index is 10.4. The summed E-state index contributed by atoms with van der Waals surface area (Å²) in [6.45, 7) is 0.978. The number of hydrogen-bond acceptors (Lipinski definition) is 4. The van der Waals surface area contributed by atoms with E-state index in [1.807, 2.05) is 0 Å². The highest BCUT2D eigenvalue weighted by Gasteiger charge is 2.28. The van der Waals surface area contributed by atoms with Crippen LogP contribution in [-0.4, -0.2) is 41.7 Å². The average molecular weight is 158 g/mol. The summed E-state index contributed by atoms with van der Waals surface area (Å²) in [7, 11) is 0. The van der Waals surface area contributed by atoms with E-state index in [2.05, 4.69) is 0 Å². The summed E-state index contributed by atoms with van der Waals surface area (Å²) in [5.41, 5.74) is 5.26. The minimum Gasteiger partial charge on any atom is -0.377 e. The SMILES string of the molecule is NCC(O)N1CCC[C@@H]1C=O. The van der Waals surface area contributed by atoms with Crippen LogP contribution in [0.4, 0.5) is 0 Å². The first-order valence-corrected chi connectivity index (χ1v) is 3.88. The van der Waals surface area contributed by atoms with Crippen molar-refractivity contribution >= 4 is 6.29 Å². The standard InChI is InChI=1S/C7H14N2O2/c8-4-7(11)9-3-1-2-6(9)5-10/h5-7,11H,1-4,8H2/t6-,7?/m1/s1. The Labute approximate surface area is 66.0 Å². The zero-order chi connectivity index (χ0) is 8.27. The van der Waals surface area contributed by atoms with Gasteiger partial charge in [0.2, 0.25) is 0 Å². The summed E-state index contributed by atoms with van der Waals surface area (Å²) < 4.78 is 0. The molecule has 1 rings (SSSR count). The zero-order valence-corrected chi connectivity index (χ0v) is 6.44. The smallest absolute Gasteiger partial charge is 0.137 e. The third-order valence-corrected chi connectivity index (χ3v) is 2.09. The summed E-state index contributed by atoms with van der Waals surface area (Å²) in [5.74, 6) is 0. The van der Waals surface area contributed by atoms with Gasteiger partial charge in [-0.05, 0) is 12.8 Å². The predicted octanol–water partition coefficient (Wildman–Crippen LogP) is -1.07. The van der Waals surface area contributed by atoms with Gasteiger partial charge >= 0.3 is 0 Å². The summed E-state index contributed by atoms with van der Waals surface area (Å²) >= 11 is 0. The molecule has 2 atom stereocenters. The number of aldehydes is 1. The molecule has 0 aliphatic carbocycles. The minimum absolute atomic E-state index is 0.117. The maximum Gasteiger partial charge on any atom is 0.137 e. The first kappa shape index (κ1) is 8.64. The lowest BCUT2D eigenvalue weighted by Gasteiger charge is -2.24. The van der Waals surface area contributed by atoms with Crippen LogP contribution in [0.25, 0.3) is 0 Å². The van der Waals surface area contributed by atoms with Crippen LogP contribution in [0.5, 0.6) is 0 Å². The summed E-state index contributed by atoms with van der Waals surface area (Å²) in [4.78, 5) is 12.2. The van der Waals surface area contributed by atoms with Gasteiger partial charge in [0.05, 0.1) is 6.04 Å². The lowest BCUT2D eigenvalue weighted by molar-refractivity contribution is -0.115. The summed E-state index contributed by atoms with van der Waals surface area (Å²) in [5, 5.41) is 9.30. The van der Waals surface area contributed by atoms with Crippen LogP contribution in [0.3, 0.4) is 0 Å². The van der Waals surface area contributed by atoms with Crippen LogP contribution in [0.1, 0.15) is 12.8 Å². The molecule has 0 amide bonds. The van der Waals surface area contributed by atoms with Crippen molar-refractivity contribution in [2.45, 2.75) is 25.1 Å². The molecular formula is C7H14N2O2. The molecule has 0 aromatic rings. The van der Waals surface area contributed by atoms with Gasteiger partial charge in [0.1, 0.15) is 12.5 Å². The number of likely N-dealkylation sites (tertiary alicyclic amines) is 1. The highest BCUT2D eigenvalue weighted by atomic mass is 16.3. The normalized spacial score (nSPS) is 28.7. The van der Waals surface area contributed by atoms with E-state index >= 15 is 0 Å². The third kappa shape index (κ3) is 1.77. The van der Waals surface area contributed by atoms with Gasteiger partial charge in [-0.1, -0.05) is 0 Å². The van der Waals surface area contributed by atoms with Crippen molar-refractivity contribution < 1.29 is 9.90 Å². The monoisotopic (exact) mass is 158 g/mol. The second kappa shape index (κ2) is 3.80. The molecule has 1 aliphatic rings. The molecule has 0 aromatic heterocycles. The van der Waals surface area contributed by atoms with Crippen molar-refractivity contribution in [2.75, 3.05) is 13.1 Å². The maximum atomic E-state index is 10.4. The Morgan fingerprint density at radius 2 is 2.55 bits per heavy atom. The average Bonchev–Trinajstić information content (AvgIpc) is 2.50. The van der Waals surface area contributed by atoms with E-state index in [0.29, 0.717) is 0 Å². The van der Waals surface area contributed by atoms with Crippen molar-refractivity contribution in [3.8, 4) is 0 Å². The third-order valence-electron chi connectivity index (χ3n) is 2.09. The van der Waals surface area contributed by atoms with Crippen LogP contribution in [0.2, 0.25) is 0 Å². The van der Waals surface area contributed by atoms with Crippen LogP contribution in [-0.2, 0) is 4.79 Å². The van der Waals surface area contributed by atoms with Crippen LogP contribution in [0.15, 0.2) is 0 Å². The molecule has 1 fully saturated rings. The first-order valence-electron chi connectivity index (χ1n) is 3.88. The molecule has 11 heavy (non-hydrogen) atoms. The van der Waals surface area contributed by atoms with Crippen LogP contribution in [0, 0.1) is 0 Å². The van der Waals surface area contributed by atoms with Crippen molar-refractivity contribution in [3.05, 3.63) is 0 Å². The van der Waals surface area contributed by atoms with Crippen molar-refractivity contribution in [2.24, 2.45) is 5.73 Å². The Hall–Kier alpha value is -0.450. The molecule has 1 aliphatic heterocycles. The molecule has 0 saturated carbocycles. The van der Waals surface area contributed by atoms with E-state index in [1.165, 1.54) is 0 Å². The van der Waals surface area contributed by atoms with Gasteiger partial charge in [-0.15, -0.1) is 0 Å². The first-order chi connectivity index (χ1) is 5.29. The number of aliphatic hydroxyl groups is 1. The molecule has 0 bridgehead atoms.